The normalized spacial score (nSPS) is 11.9. The van der Waals surface area contributed by atoms with Crippen molar-refractivity contribution >= 4 is 28.9 Å². The van der Waals surface area contributed by atoms with Gasteiger partial charge in [-0.15, -0.1) is 0 Å². The minimum Gasteiger partial charge on any atom is -0.337 e. The fraction of sp³-hybridized carbons (Fsp3) is 0.769. The molecule has 2 N–H and O–H groups in total. The monoisotopic (exact) mass is 486 g/mol. The van der Waals surface area contributed by atoms with Gasteiger partial charge in [0.2, 0.25) is 5.69 Å². The Morgan fingerprint density at radius 1 is 0.677 bits per heavy atom. The number of hydrogen-bond donors (Lipinski definition) is 2. The fourth-order valence-corrected chi connectivity index (χ4v) is 6.97. The summed E-state index contributed by atoms with van der Waals surface area (Å²) in [5.74, 6) is 0. The van der Waals surface area contributed by atoms with E-state index in [0.717, 1.165) is 29.1 Å². The fourth-order valence-electron chi connectivity index (χ4n) is 4.23. The molecule has 0 aliphatic rings. The zero-order valence-electron chi connectivity index (χ0n) is 20.1. The Morgan fingerprint density at radius 2 is 1.13 bits per heavy atom. The van der Waals surface area contributed by atoms with Gasteiger partial charge < -0.3 is 9.79 Å². The summed E-state index contributed by atoms with van der Waals surface area (Å²) >= 11 is 6.04. The molecule has 0 saturated heterocycles. The summed E-state index contributed by atoms with van der Waals surface area (Å²) in [5.41, 5.74) is -0.586. The topological polar surface area (TPSA) is 40.5 Å². The van der Waals surface area contributed by atoms with E-state index in [1.54, 1.807) is 0 Å². The molecule has 180 valence electrons. The number of aryl methyl sites for hydroxylation is 1. The van der Waals surface area contributed by atoms with Crippen LogP contribution in [0.4, 0.5) is 0 Å². The first-order chi connectivity index (χ1) is 15.0. The van der Waals surface area contributed by atoms with E-state index in [0.29, 0.717) is 0 Å². The summed E-state index contributed by atoms with van der Waals surface area (Å²) in [6.45, 7) is 4.53. The average Bonchev–Trinajstić information content (AvgIpc) is 2.72. The van der Waals surface area contributed by atoms with E-state index in [2.05, 4.69) is 26.0 Å². The Bertz CT molecular complexity index is 615. The minimum atomic E-state index is -3.30. The molecule has 31 heavy (non-hydrogen) atoms. The predicted molar refractivity (Wildman–Crippen MR) is 144 cm³/mol. The molecule has 1 aromatic carbocycles. The van der Waals surface area contributed by atoms with Crippen LogP contribution >= 0.6 is 17.1 Å². The zero-order chi connectivity index (χ0) is 22.8. The van der Waals surface area contributed by atoms with Crippen molar-refractivity contribution < 1.29 is 9.79 Å². The molecule has 2 nitrogen and oxygen atoms in total. The third kappa shape index (κ3) is 15.6. The van der Waals surface area contributed by atoms with Gasteiger partial charge in [0.15, 0.2) is 0 Å². The van der Waals surface area contributed by atoms with Crippen LogP contribution in [0.1, 0.15) is 128 Å². The van der Waals surface area contributed by atoms with Crippen molar-refractivity contribution in [2.45, 2.75) is 134 Å². The van der Waals surface area contributed by atoms with Gasteiger partial charge in [-0.3, -0.25) is 0 Å². The van der Waals surface area contributed by atoms with Crippen molar-refractivity contribution in [1.29, 1.82) is 0 Å². The zero-order valence-corrected chi connectivity index (χ0v) is 22.6. The van der Waals surface area contributed by atoms with Gasteiger partial charge in [-0.25, -0.2) is 0 Å². The van der Waals surface area contributed by atoms with Crippen molar-refractivity contribution in [3.8, 4) is 0 Å². The van der Waals surface area contributed by atoms with Gasteiger partial charge in [-0.1, -0.05) is 116 Å². The maximum absolute atomic E-state index is 9.88. The molecule has 1 rings (SSSR count). The lowest BCUT2D eigenvalue weighted by molar-refractivity contribution is 0.502. The van der Waals surface area contributed by atoms with E-state index in [-0.39, 0.29) is 0 Å². The molecule has 0 heterocycles. The molecular weight excluding hydrogens is 439 g/mol. The highest BCUT2D eigenvalue weighted by Gasteiger charge is 2.16. The summed E-state index contributed by atoms with van der Waals surface area (Å²) in [6, 6.07) is 6.32. The minimum absolute atomic E-state index is 0.994. The van der Waals surface area contributed by atoms with E-state index in [1.807, 2.05) is 6.07 Å². The molecule has 0 aliphatic carbocycles. The van der Waals surface area contributed by atoms with Crippen molar-refractivity contribution in [2.24, 2.45) is 0 Å². The van der Waals surface area contributed by atoms with Crippen LogP contribution in [0.2, 0.25) is 0 Å². The number of rotatable bonds is 20. The summed E-state index contributed by atoms with van der Waals surface area (Å²) in [4.78, 5) is 20.7. The number of unbranched alkanes of at least 4 members (excludes halogenated alkanes) is 14. The molecule has 5 heteroatoms. The Hall–Kier alpha value is 0.140. The van der Waals surface area contributed by atoms with Crippen LogP contribution in [-0.4, -0.2) is 9.79 Å². The molecule has 0 bridgehead atoms. The largest absolute Gasteiger partial charge is 0.337 e. The quantitative estimate of drug-likeness (QED) is 0.142. The van der Waals surface area contributed by atoms with Crippen molar-refractivity contribution in [2.75, 3.05) is 0 Å². The highest BCUT2D eigenvalue weighted by molar-refractivity contribution is 8.67. The van der Waals surface area contributed by atoms with Gasteiger partial charge in [-0.05, 0) is 66.1 Å². The lowest BCUT2D eigenvalue weighted by atomic mass is 9.96. The highest BCUT2D eigenvalue weighted by Crippen LogP contribution is 2.56. The first kappa shape index (κ1) is 29.2. The second-order valence-corrected chi connectivity index (χ2v) is 14.8. The summed E-state index contributed by atoms with van der Waals surface area (Å²) in [6.07, 6.45) is 23.3. The van der Waals surface area contributed by atoms with E-state index in [4.69, 9.17) is 11.8 Å². The molecule has 0 aromatic heterocycles. The third-order valence-corrected chi connectivity index (χ3v) is 8.82. The van der Waals surface area contributed by atoms with Gasteiger partial charge >= 0.3 is 0 Å². The van der Waals surface area contributed by atoms with Crippen LogP contribution in [0.15, 0.2) is 23.1 Å². The second kappa shape index (κ2) is 18.6. The molecule has 0 aliphatic heterocycles. The van der Waals surface area contributed by atoms with Crippen LogP contribution in [-0.2, 0) is 24.6 Å². The Balaban J connectivity index is 2.52. The molecule has 0 unspecified atom stereocenters. The van der Waals surface area contributed by atoms with Crippen molar-refractivity contribution in [1.82, 2.24) is 0 Å². The van der Waals surface area contributed by atoms with E-state index >= 15 is 0 Å². The van der Waals surface area contributed by atoms with E-state index in [9.17, 15) is 9.79 Å². The van der Waals surface area contributed by atoms with Crippen LogP contribution in [0.5, 0.6) is 0 Å². The van der Waals surface area contributed by atoms with Crippen molar-refractivity contribution in [3.63, 3.8) is 0 Å². The lowest BCUT2D eigenvalue weighted by Crippen LogP contribution is -1.98. The molecule has 0 amide bonds. The average molecular weight is 487 g/mol. The number of benzene rings is 1. The van der Waals surface area contributed by atoms with E-state index < -0.39 is 5.69 Å². The third-order valence-electron chi connectivity index (χ3n) is 6.03. The first-order valence-electron chi connectivity index (χ1n) is 12.8. The van der Waals surface area contributed by atoms with Gasteiger partial charge in [0.1, 0.15) is 0 Å². The van der Waals surface area contributed by atoms with Crippen LogP contribution in [0.25, 0.3) is 0 Å². The molecule has 0 saturated carbocycles. The van der Waals surface area contributed by atoms with Crippen LogP contribution in [0, 0.1) is 0 Å². The highest BCUT2D eigenvalue weighted by atomic mass is 32.9. The van der Waals surface area contributed by atoms with Gasteiger partial charge in [-0.2, -0.15) is 0 Å². The van der Waals surface area contributed by atoms with Crippen molar-refractivity contribution in [3.05, 3.63) is 29.3 Å². The SMILES string of the molecule is CCCCCCCCCCc1cccc(SP(O)(O)=S)c1CCCCCCCCCC. The summed E-state index contributed by atoms with van der Waals surface area (Å²) < 4.78 is 0. The maximum atomic E-state index is 9.88. The first-order valence-corrected chi connectivity index (χ1v) is 17.0. The maximum Gasteiger partial charge on any atom is 0.246 e. The van der Waals surface area contributed by atoms with Gasteiger partial charge in [0, 0.05) is 4.90 Å². The summed E-state index contributed by atoms with van der Waals surface area (Å²) in [5, 5.41) is 0. The molecule has 1 aromatic rings. The molecule has 0 fully saturated rings. The Labute approximate surface area is 201 Å². The Kier molecular flexibility index (Phi) is 17.5. The molecule has 0 radical (unpaired) electrons. The second-order valence-electron chi connectivity index (χ2n) is 8.93. The Morgan fingerprint density at radius 3 is 1.61 bits per heavy atom. The van der Waals surface area contributed by atoms with Gasteiger partial charge in [0.05, 0.1) is 0 Å². The van der Waals surface area contributed by atoms with Crippen LogP contribution in [0.3, 0.4) is 0 Å². The summed E-state index contributed by atoms with van der Waals surface area (Å²) in [7, 11) is 0. The standard InChI is InChI=1S/C26H47O2PS2/c1-3-5-7-9-11-13-15-17-20-24-21-19-23-26(31-29(27,28)30)25(24)22-18-16-14-12-10-8-6-4-2/h19,21,23H,3-18,20,22H2,1-2H3,(H2,27,28,30). The predicted octanol–water partition coefficient (Wildman–Crippen LogP) is 9.35. The van der Waals surface area contributed by atoms with E-state index in [1.165, 1.54) is 114 Å². The van der Waals surface area contributed by atoms with Gasteiger partial charge in [0.25, 0.3) is 0 Å². The number of hydrogen-bond acceptors (Lipinski definition) is 2. The van der Waals surface area contributed by atoms with Crippen LogP contribution < -0.4 is 0 Å². The molecule has 0 atom stereocenters. The molecular formula is C26H47O2PS2. The smallest absolute Gasteiger partial charge is 0.246 e. The molecule has 0 spiro atoms. The lowest BCUT2D eigenvalue weighted by Gasteiger charge is -2.16.